The average Bonchev–Trinajstić information content (AvgIpc) is 3.03. The number of urea groups is 1. The number of nitrogens with one attached hydrogen (secondary N) is 2. The Bertz CT molecular complexity index is 685. The first-order chi connectivity index (χ1) is 11.6. The first-order valence-electron chi connectivity index (χ1n) is 8.29. The Hall–Kier alpha value is -2.15. The fourth-order valence-electron chi connectivity index (χ4n) is 2.79. The Labute approximate surface area is 146 Å². The zero-order valence-corrected chi connectivity index (χ0v) is 14.9. The van der Waals surface area contributed by atoms with Gasteiger partial charge in [-0.05, 0) is 31.2 Å². The molecule has 7 heteroatoms. The second-order valence-corrected chi connectivity index (χ2v) is 7.33. The van der Waals surface area contributed by atoms with Crippen LogP contribution in [0.4, 0.5) is 15.1 Å². The molecule has 6 nitrogen and oxygen atoms in total. The second kappa shape index (κ2) is 7.61. The first kappa shape index (κ1) is 16.7. The van der Waals surface area contributed by atoms with Crippen molar-refractivity contribution in [1.29, 1.82) is 0 Å². The highest BCUT2D eigenvalue weighted by Crippen LogP contribution is 2.28. The van der Waals surface area contributed by atoms with Gasteiger partial charge in [0.2, 0.25) is 10.3 Å². The van der Waals surface area contributed by atoms with Crippen molar-refractivity contribution in [1.82, 2.24) is 15.5 Å². The number of amides is 2. The smallest absolute Gasteiger partial charge is 0.321 e. The van der Waals surface area contributed by atoms with Crippen LogP contribution in [0.25, 0.3) is 0 Å². The van der Waals surface area contributed by atoms with Gasteiger partial charge in [-0.15, -0.1) is 10.2 Å². The molecule has 2 heterocycles. The highest BCUT2D eigenvalue weighted by molar-refractivity contribution is 7.19. The lowest BCUT2D eigenvalue weighted by atomic mass is 10.0. The summed E-state index contributed by atoms with van der Waals surface area (Å²) >= 11 is 1.43. The predicted octanol–water partition coefficient (Wildman–Crippen LogP) is 3.40. The Balaban J connectivity index is 1.50. The van der Waals surface area contributed by atoms with Gasteiger partial charge in [-0.2, -0.15) is 0 Å². The van der Waals surface area contributed by atoms with Crippen LogP contribution in [0.3, 0.4) is 0 Å². The van der Waals surface area contributed by atoms with Crippen molar-refractivity contribution >= 4 is 27.6 Å². The number of hydrogen-bond donors (Lipinski definition) is 2. The number of aromatic nitrogens is 2. The number of anilines is 2. The summed E-state index contributed by atoms with van der Waals surface area (Å²) in [6.07, 6.45) is 2.45. The number of rotatable bonds is 4. The summed E-state index contributed by atoms with van der Waals surface area (Å²) in [6, 6.07) is 7.83. The van der Waals surface area contributed by atoms with Gasteiger partial charge < -0.3 is 10.2 Å². The van der Waals surface area contributed by atoms with Gasteiger partial charge in [-0.25, -0.2) is 4.79 Å². The molecule has 0 spiro atoms. The third kappa shape index (κ3) is 4.44. The van der Waals surface area contributed by atoms with Crippen molar-refractivity contribution in [2.75, 3.05) is 23.3 Å². The van der Waals surface area contributed by atoms with E-state index in [-0.39, 0.29) is 6.03 Å². The first-order valence-corrected chi connectivity index (χ1v) is 9.10. The summed E-state index contributed by atoms with van der Waals surface area (Å²) in [5.41, 5.74) is 2.27. The van der Waals surface area contributed by atoms with Crippen molar-refractivity contribution in [3.05, 3.63) is 35.4 Å². The average molecular weight is 345 g/mol. The van der Waals surface area contributed by atoms with Gasteiger partial charge in [-0.3, -0.25) is 5.32 Å². The van der Waals surface area contributed by atoms with E-state index < -0.39 is 0 Å². The maximum atomic E-state index is 12.0. The van der Waals surface area contributed by atoms with E-state index in [1.54, 1.807) is 0 Å². The van der Waals surface area contributed by atoms with Crippen LogP contribution >= 0.6 is 11.3 Å². The van der Waals surface area contributed by atoms with E-state index in [1.165, 1.54) is 29.7 Å². The van der Waals surface area contributed by atoms with E-state index in [9.17, 15) is 4.79 Å². The molecule has 1 atom stereocenters. The molecule has 1 saturated heterocycles. The number of nitrogens with zero attached hydrogens (tertiary/aromatic N) is 3. The molecular formula is C17H23N5OS. The molecular weight excluding hydrogens is 322 g/mol. The minimum Gasteiger partial charge on any atom is -0.346 e. The Morgan fingerprint density at radius 1 is 1.33 bits per heavy atom. The zero-order valence-electron chi connectivity index (χ0n) is 14.1. The number of benzene rings is 1. The van der Waals surface area contributed by atoms with Crippen molar-refractivity contribution in [3.8, 4) is 0 Å². The summed E-state index contributed by atoms with van der Waals surface area (Å²) in [4.78, 5) is 14.2. The lowest BCUT2D eigenvalue weighted by Gasteiger charge is -2.29. The van der Waals surface area contributed by atoms with Crippen LogP contribution in [-0.2, 0) is 6.54 Å². The monoisotopic (exact) mass is 345 g/mol. The summed E-state index contributed by atoms with van der Waals surface area (Å²) in [7, 11) is 0. The standard InChI is InChI=1S/C17H23N5OS/c1-12-5-7-14(8-6-12)10-18-15(23)19-16-20-21-17(24-16)22-9-3-4-13(2)11-22/h5-8,13H,3-4,9-11H2,1-2H3,(H2,18,19,20,23)/t13-/m1/s1. The topological polar surface area (TPSA) is 70.1 Å². The van der Waals surface area contributed by atoms with Crippen LogP contribution in [0.2, 0.25) is 0 Å². The summed E-state index contributed by atoms with van der Waals surface area (Å²) in [6.45, 7) is 6.80. The lowest BCUT2D eigenvalue weighted by Crippen LogP contribution is -2.34. The number of piperidine rings is 1. The summed E-state index contributed by atoms with van der Waals surface area (Å²) in [5.74, 6) is 0.678. The van der Waals surface area contributed by atoms with E-state index in [4.69, 9.17) is 0 Å². The molecule has 0 bridgehead atoms. The molecule has 0 radical (unpaired) electrons. The third-order valence-corrected chi connectivity index (χ3v) is 5.04. The van der Waals surface area contributed by atoms with Crippen LogP contribution in [0.5, 0.6) is 0 Å². The molecule has 2 amide bonds. The van der Waals surface area contributed by atoms with Crippen LogP contribution in [-0.4, -0.2) is 29.3 Å². The van der Waals surface area contributed by atoms with Crippen LogP contribution in [0.15, 0.2) is 24.3 Å². The van der Waals surface area contributed by atoms with Gasteiger partial charge in [0.1, 0.15) is 0 Å². The van der Waals surface area contributed by atoms with Gasteiger partial charge in [0.25, 0.3) is 0 Å². The Kier molecular flexibility index (Phi) is 5.30. The highest BCUT2D eigenvalue weighted by Gasteiger charge is 2.20. The second-order valence-electron chi connectivity index (χ2n) is 6.38. The van der Waals surface area contributed by atoms with Gasteiger partial charge in [0, 0.05) is 19.6 Å². The SMILES string of the molecule is Cc1ccc(CNC(=O)Nc2nnc(N3CCC[C@@H](C)C3)s2)cc1. The Morgan fingerprint density at radius 2 is 2.12 bits per heavy atom. The summed E-state index contributed by atoms with van der Waals surface area (Å²) in [5, 5.41) is 15.3. The fourth-order valence-corrected chi connectivity index (χ4v) is 3.56. The van der Waals surface area contributed by atoms with Gasteiger partial charge in [0.15, 0.2) is 0 Å². The minimum atomic E-state index is -0.259. The predicted molar refractivity (Wildman–Crippen MR) is 97.6 cm³/mol. The van der Waals surface area contributed by atoms with E-state index in [2.05, 4.69) is 32.7 Å². The molecule has 1 aromatic heterocycles. The van der Waals surface area contributed by atoms with Crippen molar-refractivity contribution < 1.29 is 4.79 Å². The molecule has 1 aliphatic heterocycles. The third-order valence-electron chi connectivity index (χ3n) is 4.14. The molecule has 1 fully saturated rings. The van der Waals surface area contributed by atoms with E-state index in [1.807, 2.05) is 31.2 Å². The van der Waals surface area contributed by atoms with Crippen molar-refractivity contribution in [2.45, 2.75) is 33.2 Å². The molecule has 24 heavy (non-hydrogen) atoms. The quantitative estimate of drug-likeness (QED) is 0.891. The maximum absolute atomic E-state index is 12.0. The molecule has 2 N–H and O–H groups in total. The molecule has 128 valence electrons. The highest BCUT2D eigenvalue weighted by atomic mass is 32.1. The summed E-state index contributed by atoms with van der Waals surface area (Å²) < 4.78 is 0. The minimum absolute atomic E-state index is 0.259. The number of carbonyl (C=O) groups excluding carboxylic acids is 1. The van der Waals surface area contributed by atoms with Crippen LogP contribution in [0, 0.1) is 12.8 Å². The normalized spacial score (nSPS) is 17.6. The lowest BCUT2D eigenvalue weighted by molar-refractivity contribution is 0.251. The van der Waals surface area contributed by atoms with Gasteiger partial charge >= 0.3 is 6.03 Å². The molecule has 1 aromatic carbocycles. The Morgan fingerprint density at radius 3 is 2.88 bits per heavy atom. The van der Waals surface area contributed by atoms with Crippen molar-refractivity contribution in [3.63, 3.8) is 0 Å². The number of carbonyl (C=O) groups is 1. The van der Waals surface area contributed by atoms with Crippen LogP contribution in [0.1, 0.15) is 30.9 Å². The largest absolute Gasteiger partial charge is 0.346 e. The molecule has 0 unspecified atom stereocenters. The molecule has 0 saturated carbocycles. The molecule has 0 aliphatic carbocycles. The number of aryl methyl sites for hydroxylation is 1. The van der Waals surface area contributed by atoms with E-state index in [0.29, 0.717) is 17.6 Å². The van der Waals surface area contributed by atoms with E-state index >= 15 is 0 Å². The molecule has 3 rings (SSSR count). The maximum Gasteiger partial charge on any atom is 0.321 e. The molecule has 1 aliphatic rings. The van der Waals surface area contributed by atoms with Crippen LogP contribution < -0.4 is 15.5 Å². The van der Waals surface area contributed by atoms with E-state index in [0.717, 1.165) is 23.8 Å². The van der Waals surface area contributed by atoms with Gasteiger partial charge in [-0.1, -0.05) is 48.1 Å². The van der Waals surface area contributed by atoms with Gasteiger partial charge in [0.05, 0.1) is 0 Å². The number of hydrogen-bond acceptors (Lipinski definition) is 5. The van der Waals surface area contributed by atoms with Crippen molar-refractivity contribution in [2.24, 2.45) is 5.92 Å². The zero-order chi connectivity index (χ0) is 16.9. The molecule has 2 aromatic rings. The fraction of sp³-hybridized carbons (Fsp3) is 0.471.